The van der Waals surface area contributed by atoms with E-state index in [2.05, 4.69) is 33.7 Å². The highest BCUT2D eigenvalue weighted by Crippen LogP contribution is 2.32. The molecule has 7 heteroatoms. The zero-order chi connectivity index (χ0) is 18.9. The highest BCUT2D eigenvalue weighted by atomic mass is 19.4. The molecule has 0 aliphatic rings. The minimum atomic E-state index is -4.51. The standard InChI is InChI=1S/C19H17F3N4/c1-4-11(2)14-9-16-13(10-23-26-16)8-17(14)24-12(3)15-6-5-7-18(25-15)19(20,21)22/h5-10,24H,2-4H2,1H3,(H,23,26). The van der Waals surface area contributed by atoms with Gasteiger partial charge in [0.25, 0.3) is 0 Å². The third-order valence-corrected chi connectivity index (χ3v) is 4.02. The number of alkyl halides is 3. The summed E-state index contributed by atoms with van der Waals surface area (Å²) in [5.74, 6) is 0. The molecule has 0 radical (unpaired) electrons. The summed E-state index contributed by atoms with van der Waals surface area (Å²) in [5, 5.41) is 10.8. The molecule has 0 aliphatic carbocycles. The number of halogens is 3. The fourth-order valence-corrected chi connectivity index (χ4v) is 2.57. The number of anilines is 1. The fourth-order valence-electron chi connectivity index (χ4n) is 2.57. The topological polar surface area (TPSA) is 53.6 Å². The van der Waals surface area contributed by atoms with Gasteiger partial charge >= 0.3 is 6.18 Å². The Morgan fingerprint density at radius 3 is 2.69 bits per heavy atom. The molecule has 2 aromatic heterocycles. The average Bonchev–Trinajstić information content (AvgIpc) is 3.07. The van der Waals surface area contributed by atoms with Crippen molar-refractivity contribution in [2.45, 2.75) is 19.5 Å². The van der Waals surface area contributed by atoms with E-state index >= 15 is 0 Å². The van der Waals surface area contributed by atoms with Crippen molar-refractivity contribution in [2.24, 2.45) is 0 Å². The van der Waals surface area contributed by atoms with Crippen LogP contribution in [0, 0.1) is 0 Å². The second-order valence-corrected chi connectivity index (χ2v) is 5.82. The Kier molecular flexibility index (Phi) is 4.54. The first-order valence-electron chi connectivity index (χ1n) is 7.95. The molecule has 0 saturated heterocycles. The Balaban J connectivity index is 1.98. The maximum atomic E-state index is 12.9. The average molecular weight is 358 g/mol. The third kappa shape index (κ3) is 3.46. The SMILES string of the molecule is C=C(Nc1cc2cn[nH]c2cc1C(=C)CC)c1cccc(C(F)(F)F)n1. The summed E-state index contributed by atoms with van der Waals surface area (Å²) in [6.45, 7) is 9.88. The van der Waals surface area contributed by atoms with Crippen molar-refractivity contribution in [3.05, 3.63) is 66.6 Å². The predicted molar refractivity (Wildman–Crippen MR) is 97.3 cm³/mol. The van der Waals surface area contributed by atoms with Gasteiger partial charge < -0.3 is 5.32 Å². The summed E-state index contributed by atoms with van der Waals surface area (Å²) in [4.78, 5) is 3.66. The van der Waals surface area contributed by atoms with E-state index < -0.39 is 11.9 Å². The monoisotopic (exact) mass is 358 g/mol. The number of pyridine rings is 1. The van der Waals surface area contributed by atoms with E-state index in [9.17, 15) is 13.2 Å². The zero-order valence-electron chi connectivity index (χ0n) is 14.1. The fraction of sp³-hybridized carbons (Fsp3) is 0.158. The van der Waals surface area contributed by atoms with Crippen molar-refractivity contribution in [3.8, 4) is 0 Å². The van der Waals surface area contributed by atoms with E-state index in [1.165, 1.54) is 12.1 Å². The number of fused-ring (bicyclic) bond motifs is 1. The number of benzene rings is 1. The van der Waals surface area contributed by atoms with Gasteiger partial charge in [-0.05, 0) is 36.3 Å². The molecule has 0 amide bonds. The van der Waals surface area contributed by atoms with Gasteiger partial charge in [-0.15, -0.1) is 0 Å². The van der Waals surface area contributed by atoms with Gasteiger partial charge in [0.1, 0.15) is 5.69 Å². The van der Waals surface area contributed by atoms with Crippen LogP contribution in [0.2, 0.25) is 0 Å². The molecule has 26 heavy (non-hydrogen) atoms. The van der Waals surface area contributed by atoms with Crippen LogP contribution in [0.5, 0.6) is 0 Å². The van der Waals surface area contributed by atoms with Crippen LogP contribution in [0.25, 0.3) is 22.2 Å². The summed E-state index contributed by atoms with van der Waals surface area (Å²) in [6, 6.07) is 7.48. The van der Waals surface area contributed by atoms with E-state index in [0.717, 1.165) is 34.5 Å². The van der Waals surface area contributed by atoms with Gasteiger partial charge in [-0.2, -0.15) is 18.3 Å². The molecule has 0 fully saturated rings. The summed E-state index contributed by atoms with van der Waals surface area (Å²) in [5.41, 5.74) is 2.70. The van der Waals surface area contributed by atoms with E-state index in [4.69, 9.17) is 0 Å². The molecule has 0 saturated carbocycles. The van der Waals surface area contributed by atoms with Crippen LogP contribution in [0.1, 0.15) is 30.3 Å². The lowest BCUT2D eigenvalue weighted by Crippen LogP contribution is -2.10. The number of hydrogen-bond donors (Lipinski definition) is 2. The first-order chi connectivity index (χ1) is 12.3. The zero-order valence-corrected chi connectivity index (χ0v) is 14.1. The molecule has 0 atom stereocenters. The summed E-state index contributed by atoms with van der Waals surface area (Å²) >= 11 is 0. The number of hydrogen-bond acceptors (Lipinski definition) is 3. The molecule has 2 N–H and O–H groups in total. The van der Waals surface area contributed by atoms with Crippen molar-refractivity contribution in [2.75, 3.05) is 5.32 Å². The Hall–Kier alpha value is -3.09. The molecular formula is C19H17F3N4. The molecular weight excluding hydrogens is 341 g/mol. The van der Waals surface area contributed by atoms with Gasteiger partial charge in [0, 0.05) is 16.6 Å². The second-order valence-electron chi connectivity index (χ2n) is 5.82. The molecule has 4 nitrogen and oxygen atoms in total. The maximum Gasteiger partial charge on any atom is 0.433 e. The Labute approximate surface area is 148 Å². The summed E-state index contributed by atoms with van der Waals surface area (Å²) < 4.78 is 38.6. The highest BCUT2D eigenvalue weighted by molar-refractivity contribution is 5.92. The largest absolute Gasteiger partial charge is 0.433 e. The van der Waals surface area contributed by atoms with Crippen molar-refractivity contribution in [1.82, 2.24) is 15.2 Å². The van der Waals surface area contributed by atoms with Crippen LogP contribution in [0.4, 0.5) is 18.9 Å². The van der Waals surface area contributed by atoms with Gasteiger partial charge in [0.2, 0.25) is 0 Å². The molecule has 0 unspecified atom stereocenters. The number of H-pyrrole nitrogens is 1. The number of nitrogens with one attached hydrogen (secondary N) is 2. The lowest BCUT2D eigenvalue weighted by atomic mass is 10.0. The molecule has 1 aromatic carbocycles. The molecule has 3 aromatic rings. The van der Waals surface area contributed by atoms with Gasteiger partial charge in [0.05, 0.1) is 23.1 Å². The quantitative estimate of drug-likeness (QED) is 0.635. The first kappa shape index (κ1) is 17.7. The third-order valence-electron chi connectivity index (χ3n) is 4.02. The van der Waals surface area contributed by atoms with E-state index in [1.54, 1.807) is 6.20 Å². The molecule has 0 aliphatic heterocycles. The van der Waals surface area contributed by atoms with Gasteiger partial charge in [0.15, 0.2) is 0 Å². The Bertz CT molecular complexity index is 986. The van der Waals surface area contributed by atoms with Crippen LogP contribution in [-0.4, -0.2) is 15.2 Å². The van der Waals surface area contributed by atoms with Crippen LogP contribution in [0.3, 0.4) is 0 Å². The smallest absolute Gasteiger partial charge is 0.354 e. The number of nitrogens with zero attached hydrogens (tertiary/aromatic N) is 2. The Morgan fingerprint density at radius 2 is 2.00 bits per heavy atom. The minimum Gasteiger partial charge on any atom is -0.354 e. The number of aromatic amines is 1. The number of aromatic nitrogens is 3. The van der Waals surface area contributed by atoms with Gasteiger partial charge in [-0.1, -0.05) is 26.1 Å². The van der Waals surface area contributed by atoms with Crippen LogP contribution in [0.15, 0.2) is 49.7 Å². The van der Waals surface area contributed by atoms with E-state index in [1.807, 2.05) is 19.1 Å². The molecule has 2 heterocycles. The van der Waals surface area contributed by atoms with Crippen LogP contribution >= 0.6 is 0 Å². The van der Waals surface area contributed by atoms with Crippen molar-refractivity contribution < 1.29 is 13.2 Å². The molecule has 3 rings (SSSR count). The number of rotatable bonds is 5. The Morgan fingerprint density at radius 1 is 1.23 bits per heavy atom. The van der Waals surface area contributed by atoms with E-state index in [-0.39, 0.29) is 11.4 Å². The highest BCUT2D eigenvalue weighted by Gasteiger charge is 2.32. The maximum absolute atomic E-state index is 12.9. The second kappa shape index (κ2) is 6.67. The van der Waals surface area contributed by atoms with Crippen molar-refractivity contribution >= 4 is 27.9 Å². The minimum absolute atomic E-state index is 0.125. The van der Waals surface area contributed by atoms with Crippen molar-refractivity contribution in [1.29, 1.82) is 0 Å². The molecule has 0 spiro atoms. The molecule has 134 valence electrons. The first-order valence-corrected chi connectivity index (χ1v) is 7.95. The van der Waals surface area contributed by atoms with Crippen LogP contribution in [-0.2, 0) is 6.18 Å². The van der Waals surface area contributed by atoms with Gasteiger partial charge in [-0.3, -0.25) is 5.10 Å². The van der Waals surface area contributed by atoms with Crippen molar-refractivity contribution in [3.63, 3.8) is 0 Å². The summed E-state index contributed by atoms with van der Waals surface area (Å²) in [7, 11) is 0. The lowest BCUT2D eigenvalue weighted by molar-refractivity contribution is -0.141. The van der Waals surface area contributed by atoms with Crippen LogP contribution < -0.4 is 5.32 Å². The summed E-state index contributed by atoms with van der Waals surface area (Å²) in [6.07, 6.45) is -2.11. The number of allylic oxidation sites excluding steroid dienone is 1. The normalized spacial score (nSPS) is 11.5. The lowest BCUT2D eigenvalue weighted by Gasteiger charge is -2.16. The van der Waals surface area contributed by atoms with E-state index in [0.29, 0.717) is 5.69 Å². The molecule has 0 bridgehead atoms. The predicted octanol–water partition coefficient (Wildman–Crippen LogP) is 5.48. The van der Waals surface area contributed by atoms with Gasteiger partial charge in [-0.25, -0.2) is 4.98 Å².